The van der Waals surface area contributed by atoms with Crippen molar-refractivity contribution in [1.82, 2.24) is 14.5 Å². The van der Waals surface area contributed by atoms with Crippen LogP contribution >= 0.6 is 11.3 Å². The molecule has 2 aromatic carbocycles. The lowest BCUT2D eigenvalue weighted by Crippen LogP contribution is -2.36. The van der Waals surface area contributed by atoms with Crippen molar-refractivity contribution in [1.29, 1.82) is 0 Å². The fourth-order valence-electron chi connectivity index (χ4n) is 2.99. The number of hydrogen-bond acceptors (Lipinski definition) is 5. The maximum Gasteiger partial charge on any atom is 0.316 e. The van der Waals surface area contributed by atoms with Gasteiger partial charge in [0.1, 0.15) is 0 Å². The van der Waals surface area contributed by atoms with Gasteiger partial charge in [0.25, 0.3) is 5.91 Å². The number of aromatic amines is 1. The summed E-state index contributed by atoms with van der Waals surface area (Å²) in [5.74, 6) is -0.331. The minimum atomic E-state index is -0.705. The predicted octanol–water partition coefficient (Wildman–Crippen LogP) is 2.88. The van der Waals surface area contributed by atoms with E-state index in [-0.39, 0.29) is 5.91 Å². The number of carbonyl (C=O) groups is 1. The third kappa shape index (κ3) is 3.04. The summed E-state index contributed by atoms with van der Waals surface area (Å²) in [4.78, 5) is 43.3. The van der Waals surface area contributed by atoms with Gasteiger partial charge < -0.3 is 9.55 Å². The van der Waals surface area contributed by atoms with Gasteiger partial charge in [-0.3, -0.25) is 19.7 Å². The number of nitrogens with one attached hydrogen (secondary N) is 2. The van der Waals surface area contributed by atoms with Crippen LogP contribution in [0.25, 0.3) is 21.3 Å². The summed E-state index contributed by atoms with van der Waals surface area (Å²) in [7, 11) is 0. The molecule has 2 aromatic heterocycles. The Bertz CT molecular complexity index is 1320. The third-order valence-corrected chi connectivity index (χ3v) is 5.25. The first-order valence-corrected chi connectivity index (χ1v) is 9.23. The fourth-order valence-corrected chi connectivity index (χ4v) is 3.95. The quantitative estimate of drug-likeness (QED) is 0.534. The molecule has 27 heavy (non-hydrogen) atoms. The zero-order chi connectivity index (χ0) is 19.1. The lowest BCUT2D eigenvalue weighted by molar-refractivity contribution is 0.102. The van der Waals surface area contributed by atoms with Crippen LogP contribution in [-0.4, -0.2) is 20.4 Å². The number of aryl methyl sites for hydroxylation is 2. The third-order valence-electron chi connectivity index (χ3n) is 4.32. The van der Waals surface area contributed by atoms with Gasteiger partial charge >= 0.3 is 11.1 Å². The zero-order valence-corrected chi connectivity index (χ0v) is 15.5. The number of aromatic nitrogens is 3. The number of rotatable bonds is 3. The second-order valence-corrected chi connectivity index (χ2v) is 7.21. The number of hydrogen-bond donors (Lipinski definition) is 2. The SMILES string of the molecule is CCn1c(=O)c(=O)[nH]c2cc(C(=O)Nc3nc4ccc(C)cc4s3)ccc21. The van der Waals surface area contributed by atoms with Gasteiger partial charge in [0, 0.05) is 12.1 Å². The van der Waals surface area contributed by atoms with Crippen molar-refractivity contribution in [2.75, 3.05) is 5.32 Å². The van der Waals surface area contributed by atoms with E-state index in [1.54, 1.807) is 25.1 Å². The molecule has 0 aliphatic rings. The number of benzene rings is 2. The Morgan fingerprint density at radius 1 is 1.22 bits per heavy atom. The van der Waals surface area contributed by atoms with Crippen molar-refractivity contribution in [3.63, 3.8) is 0 Å². The summed E-state index contributed by atoms with van der Waals surface area (Å²) in [5, 5.41) is 3.30. The van der Waals surface area contributed by atoms with Crippen LogP contribution in [0.4, 0.5) is 5.13 Å². The molecule has 0 spiro atoms. The van der Waals surface area contributed by atoms with Crippen molar-refractivity contribution in [2.45, 2.75) is 20.4 Å². The summed E-state index contributed by atoms with van der Waals surface area (Å²) in [6, 6.07) is 10.8. The van der Waals surface area contributed by atoms with E-state index in [2.05, 4.69) is 15.3 Å². The number of fused-ring (bicyclic) bond motifs is 2. The van der Waals surface area contributed by atoms with Crippen LogP contribution in [0.5, 0.6) is 0 Å². The molecule has 2 N–H and O–H groups in total. The van der Waals surface area contributed by atoms with E-state index < -0.39 is 11.1 Å². The van der Waals surface area contributed by atoms with E-state index in [4.69, 9.17) is 0 Å². The topological polar surface area (TPSA) is 96.9 Å². The predicted molar refractivity (Wildman–Crippen MR) is 107 cm³/mol. The molecule has 7 nitrogen and oxygen atoms in total. The van der Waals surface area contributed by atoms with E-state index in [9.17, 15) is 14.4 Å². The Hall–Kier alpha value is -3.26. The Labute approximate surface area is 157 Å². The normalized spacial score (nSPS) is 11.2. The van der Waals surface area contributed by atoms with E-state index in [0.717, 1.165) is 15.8 Å². The molecule has 0 saturated carbocycles. The second kappa shape index (κ2) is 6.48. The highest BCUT2D eigenvalue weighted by molar-refractivity contribution is 7.22. The minimum Gasteiger partial charge on any atom is -0.316 e. The summed E-state index contributed by atoms with van der Waals surface area (Å²) >= 11 is 1.40. The Kier molecular flexibility index (Phi) is 4.12. The zero-order valence-electron chi connectivity index (χ0n) is 14.7. The van der Waals surface area contributed by atoms with Crippen LogP contribution in [-0.2, 0) is 6.54 Å². The molecular weight excluding hydrogens is 364 g/mol. The van der Waals surface area contributed by atoms with Gasteiger partial charge in [0.2, 0.25) is 0 Å². The lowest BCUT2D eigenvalue weighted by Gasteiger charge is -2.08. The molecular formula is C19H16N4O3S. The standard InChI is InChI=1S/C19H16N4O3S/c1-3-23-14-7-5-11(9-13(14)20-17(25)18(23)26)16(24)22-19-21-12-6-4-10(2)8-15(12)27-19/h4-9H,3H2,1-2H3,(H,20,25)(H,21,22,24). The largest absolute Gasteiger partial charge is 0.316 e. The molecule has 4 rings (SSSR count). The molecule has 0 aliphatic carbocycles. The number of anilines is 1. The highest BCUT2D eigenvalue weighted by atomic mass is 32.1. The minimum absolute atomic E-state index is 0.331. The van der Waals surface area contributed by atoms with E-state index >= 15 is 0 Å². The first kappa shape index (κ1) is 17.2. The summed E-state index contributed by atoms with van der Waals surface area (Å²) in [6.07, 6.45) is 0. The summed E-state index contributed by atoms with van der Waals surface area (Å²) < 4.78 is 2.38. The molecule has 0 radical (unpaired) electrons. The Balaban J connectivity index is 1.70. The monoisotopic (exact) mass is 380 g/mol. The van der Waals surface area contributed by atoms with Crippen LogP contribution in [0.2, 0.25) is 0 Å². The van der Waals surface area contributed by atoms with E-state index in [1.807, 2.05) is 25.1 Å². The van der Waals surface area contributed by atoms with Crippen molar-refractivity contribution >= 4 is 43.6 Å². The number of carbonyl (C=O) groups excluding carboxylic acids is 1. The molecule has 0 atom stereocenters. The van der Waals surface area contributed by atoms with Gasteiger partial charge in [-0.2, -0.15) is 0 Å². The fraction of sp³-hybridized carbons (Fsp3) is 0.158. The number of H-pyrrole nitrogens is 1. The molecule has 0 aliphatic heterocycles. The average Bonchev–Trinajstić information content (AvgIpc) is 3.03. The van der Waals surface area contributed by atoms with Crippen LogP contribution in [0, 0.1) is 6.92 Å². The Morgan fingerprint density at radius 2 is 2.04 bits per heavy atom. The smallest absolute Gasteiger partial charge is 0.316 e. The molecule has 0 saturated heterocycles. The molecule has 2 heterocycles. The highest BCUT2D eigenvalue weighted by Gasteiger charge is 2.13. The van der Waals surface area contributed by atoms with E-state index in [1.165, 1.54) is 15.9 Å². The van der Waals surface area contributed by atoms with Gasteiger partial charge in [-0.25, -0.2) is 4.98 Å². The van der Waals surface area contributed by atoms with Gasteiger partial charge in [-0.1, -0.05) is 17.4 Å². The van der Waals surface area contributed by atoms with Crippen molar-refractivity contribution in [2.24, 2.45) is 0 Å². The van der Waals surface area contributed by atoms with Gasteiger partial charge in [0.15, 0.2) is 5.13 Å². The van der Waals surface area contributed by atoms with Gasteiger partial charge in [-0.05, 0) is 49.7 Å². The molecule has 4 aromatic rings. The molecule has 0 unspecified atom stereocenters. The molecule has 0 bridgehead atoms. The van der Waals surface area contributed by atoms with Crippen LogP contribution in [0.3, 0.4) is 0 Å². The van der Waals surface area contributed by atoms with Crippen LogP contribution in [0.15, 0.2) is 46.0 Å². The number of amides is 1. The summed E-state index contributed by atoms with van der Waals surface area (Å²) in [5.41, 5.74) is 2.04. The first-order chi connectivity index (χ1) is 13.0. The number of nitrogens with zero attached hydrogens (tertiary/aromatic N) is 2. The second-order valence-electron chi connectivity index (χ2n) is 6.18. The molecule has 8 heteroatoms. The highest BCUT2D eigenvalue weighted by Crippen LogP contribution is 2.27. The van der Waals surface area contributed by atoms with E-state index in [0.29, 0.717) is 28.3 Å². The molecule has 0 fully saturated rings. The first-order valence-electron chi connectivity index (χ1n) is 8.41. The van der Waals surface area contributed by atoms with Crippen molar-refractivity contribution in [3.05, 3.63) is 68.2 Å². The van der Waals surface area contributed by atoms with Crippen LogP contribution < -0.4 is 16.4 Å². The van der Waals surface area contributed by atoms with Crippen molar-refractivity contribution in [3.8, 4) is 0 Å². The van der Waals surface area contributed by atoms with Crippen LogP contribution in [0.1, 0.15) is 22.8 Å². The maximum atomic E-state index is 12.6. The van der Waals surface area contributed by atoms with Gasteiger partial charge in [-0.15, -0.1) is 0 Å². The van der Waals surface area contributed by atoms with Gasteiger partial charge in [0.05, 0.1) is 21.3 Å². The molecule has 136 valence electrons. The summed E-state index contributed by atoms with van der Waals surface area (Å²) in [6.45, 7) is 4.16. The lowest BCUT2D eigenvalue weighted by atomic mass is 10.1. The Morgan fingerprint density at radius 3 is 2.81 bits per heavy atom. The average molecular weight is 380 g/mol. The number of thiazole rings is 1. The van der Waals surface area contributed by atoms with Crippen molar-refractivity contribution < 1.29 is 4.79 Å². The maximum absolute atomic E-state index is 12.6. The molecule has 1 amide bonds.